The van der Waals surface area contributed by atoms with Crippen molar-refractivity contribution in [2.45, 2.75) is 72.0 Å². The summed E-state index contributed by atoms with van der Waals surface area (Å²) in [6.07, 6.45) is 2.86. The first-order valence-corrected chi connectivity index (χ1v) is 12.2. The molecule has 2 aromatic carbocycles. The molecule has 0 aliphatic heterocycles. The van der Waals surface area contributed by atoms with Crippen molar-refractivity contribution >= 4 is 6.09 Å². The van der Waals surface area contributed by atoms with Crippen LogP contribution in [0.3, 0.4) is 0 Å². The highest BCUT2D eigenvalue weighted by atomic mass is 16.5. The molecule has 3 rings (SSSR count). The van der Waals surface area contributed by atoms with E-state index >= 15 is 0 Å². The molecule has 34 heavy (non-hydrogen) atoms. The average Bonchev–Trinajstić information content (AvgIpc) is 2.82. The van der Waals surface area contributed by atoms with Crippen molar-refractivity contribution < 1.29 is 14.6 Å². The van der Waals surface area contributed by atoms with Gasteiger partial charge in [0.1, 0.15) is 5.75 Å². The Morgan fingerprint density at radius 2 is 1.76 bits per heavy atom. The second-order valence-electron chi connectivity index (χ2n) is 10.3. The van der Waals surface area contributed by atoms with Gasteiger partial charge in [-0.1, -0.05) is 39.0 Å². The molecular weight excluding hydrogens is 426 g/mol. The van der Waals surface area contributed by atoms with Gasteiger partial charge in [-0.15, -0.1) is 0 Å². The van der Waals surface area contributed by atoms with Gasteiger partial charge in [0.05, 0.1) is 18.2 Å². The topological polar surface area (TPSA) is 85.6 Å². The molecule has 1 fully saturated rings. The first kappa shape index (κ1) is 25.6. The van der Waals surface area contributed by atoms with Crippen LogP contribution in [0.2, 0.25) is 0 Å². The summed E-state index contributed by atoms with van der Waals surface area (Å²) in [5.41, 5.74) is 3.86. The van der Waals surface area contributed by atoms with Crippen molar-refractivity contribution in [3.8, 4) is 22.9 Å². The van der Waals surface area contributed by atoms with Crippen LogP contribution in [-0.4, -0.2) is 41.3 Å². The number of carbonyl (C=O) groups is 1. The van der Waals surface area contributed by atoms with Gasteiger partial charge in [0.25, 0.3) is 0 Å². The van der Waals surface area contributed by atoms with Gasteiger partial charge in [-0.2, -0.15) is 5.26 Å². The van der Waals surface area contributed by atoms with Gasteiger partial charge in [0.15, 0.2) is 0 Å². The van der Waals surface area contributed by atoms with Gasteiger partial charge in [-0.25, -0.2) is 4.79 Å². The number of hydrogen-bond acceptors (Lipinski definition) is 4. The third-order valence-electron chi connectivity index (χ3n) is 6.32. The Hall–Kier alpha value is -3.04. The molecule has 182 valence electrons. The van der Waals surface area contributed by atoms with Crippen molar-refractivity contribution in [3.05, 3.63) is 53.6 Å². The zero-order valence-corrected chi connectivity index (χ0v) is 20.8. The van der Waals surface area contributed by atoms with E-state index in [2.05, 4.69) is 44.3 Å². The first-order chi connectivity index (χ1) is 16.2. The van der Waals surface area contributed by atoms with Crippen LogP contribution in [0, 0.1) is 16.7 Å². The van der Waals surface area contributed by atoms with Crippen molar-refractivity contribution in [2.75, 3.05) is 13.2 Å². The number of nitrogens with zero attached hydrogens (tertiary/aromatic N) is 2. The molecule has 6 heteroatoms. The number of nitrogens with one attached hydrogen (secondary N) is 1. The van der Waals surface area contributed by atoms with Gasteiger partial charge >= 0.3 is 6.09 Å². The summed E-state index contributed by atoms with van der Waals surface area (Å²) in [6.45, 7) is 10.1. The predicted octanol–water partition coefficient (Wildman–Crippen LogP) is 6.05. The normalized spacial score (nSPS) is 18.2. The van der Waals surface area contributed by atoms with Gasteiger partial charge in [0, 0.05) is 30.7 Å². The van der Waals surface area contributed by atoms with E-state index in [1.54, 1.807) is 4.90 Å². The number of hydrogen-bond donors (Lipinski definition) is 2. The Balaban J connectivity index is 1.64. The van der Waals surface area contributed by atoms with E-state index < -0.39 is 6.09 Å². The van der Waals surface area contributed by atoms with Crippen molar-refractivity contribution in [2.24, 2.45) is 5.41 Å². The maximum absolute atomic E-state index is 11.8. The van der Waals surface area contributed by atoms with Crippen molar-refractivity contribution in [1.29, 1.82) is 5.26 Å². The van der Waals surface area contributed by atoms with E-state index in [1.165, 1.54) is 0 Å². The van der Waals surface area contributed by atoms with E-state index in [-0.39, 0.29) is 11.5 Å². The number of nitriles is 1. The summed E-state index contributed by atoms with van der Waals surface area (Å²) in [7, 11) is 0. The molecule has 0 radical (unpaired) electrons. The molecule has 1 amide bonds. The smallest absolute Gasteiger partial charge is 0.407 e. The maximum atomic E-state index is 11.8. The Morgan fingerprint density at radius 1 is 1.12 bits per heavy atom. The van der Waals surface area contributed by atoms with E-state index in [0.29, 0.717) is 31.3 Å². The zero-order valence-electron chi connectivity index (χ0n) is 20.8. The number of ether oxygens (including phenoxy) is 1. The summed E-state index contributed by atoms with van der Waals surface area (Å²) in [5.74, 6) is 0.878. The Morgan fingerprint density at radius 3 is 2.32 bits per heavy atom. The molecule has 0 saturated heterocycles. The lowest BCUT2D eigenvalue weighted by molar-refractivity contribution is 0.0847. The molecule has 6 nitrogen and oxygen atoms in total. The molecule has 1 aliphatic carbocycles. The van der Waals surface area contributed by atoms with Crippen LogP contribution < -0.4 is 10.1 Å². The fourth-order valence-electron chi connectivity index (χ4n) is 4.64. The third-order valence-corrected chi connectivity index (χ3v) is 6.32. The minimum absolute atomic E-state index is 0.0525. The fraction of sp³-hybridized carbons (Fsp3) is 0.500. The predicted molar refractivity (Wildman–Crippen MR) is 135 cm³/mol. The van der Waals surface area contributed by atoms with Gasteiger partial charge in [-0.3, -0.25) is 0 Å². The summed E-state index contributed by atoms with van der Waals surface area (Å²) >= 11 is 0. The van der Waals surface area contributed by atoms with Gasteiger partial charge in [-0.05, 0) is 73.4 Å². The van der Waals surface area contributed by atoms with E-state index in [1.807, 2.05) is 37.3 Å². The molecular formula is C28H37N3O3. The zero-order chi connectivity index (χ0) is 24.7. The second-order valence-corrected chi connectivity index (χ2v) is 10.3. The van der Waals surface area contributed by atoms with Crippen LogP contribution in [0.15, 0.2) is 42.5 Å². The lowest BCUT2D eigenvalue weighted by Gasteiger charge is -2.38. The highest BCUT2D eigenvalue weighted by Gasteiger charge is 2.31. The lowest BCUT2D eigenvalue weighted by Crippen LogP contribution is -2.47. The van der Waals surface area contributed by atoms with Crippen LogP contribution in [0.1, 0.15) is 64.5 Å². The summed E-state index contributed by atoms with van der Waals surface area (Å²) < 4.78 is 5.87. The molecule has 0 spiro atoms. The summed E-state index contributed by atoms with van der Waals surface area (Å²) in [4.78, 5) is 13.5. The standard InChI is InChI=1S/C28H37N3O3/c1-5-34-26-15-10-22(21-8-6-20(17-29)7-9-21)16-23(26)18-30-24-11-13-25(14-12-24)31(27(32)33)19-28(2,3)4/h6-10,15-16,24-25,30H,5,11-14,18-19H2,1-4H3,(H,32,33). The first-order valence-electron chi connectivity index (χ1n) is 12.2. The average molecular weight is 464 g/mol. The van der Waals surface area contributed by atoms with E-state index in [9.17, 15) is 9.90 Å². The molecule has 2 N–H and O–H groups in total. The highest BCUT2D eigenvalue weighted by Crippen LogP contribution is 2.29. The third kappa shape index (κ3) is 6.98. The second kappa shape index (κ2) is 11.4. The molecule has 1 aliphatic rings. The molecule has 2 aromatic rings. The number of rotatable bonds is 8. The number of carboxylic acid groups (broad SMARTS) is 1. The molecule has 0 heterocycles. The fourth-order valence-corrected chi connectivity index (χ4v) is 4.64. The number of benzene rings is 2. The maximum Gasteiger partial charge on any atom is 0.407 e. The Labute approximate surface area is 203 Å². The van der Waals surface area contributed by atoms with Gasteiger partial charge < -0.3 is 20.1 Å². The monoisotopic (exact) mass is 463 g/mol. The van der Waals surface area contributed by atoms with Crippen molar-refractivity contribution in [3.63, 3.8) is 0 Å². The van der Waals surface area contributed by atoms with Gasteiger partial charge in [0.2, 0.25) is 0 Å². The van der Waals surface area contributed by atoms with E-state index in [4.69, 9.17) is 10.00 Å². The van der Waals surface area contributed by atoms with Crippen LogP contribution in [0.5, 0.6) is 5.75 Å². The Bertz CT molecular complexity index is 997. The molecule has 0 aromatic heterocycles. The SMILES string of the molecule is CCOc1ccc(-c2ccc(C#N)cc2)cc1CNC1CCC(N(CC(C)(C)C)C(=O)O)CC1. The van der Waals surface area contributed by atoms with E-state index in [0.717, 1.165) is 48.1 Å². The minimum atomic E-state index is -0.813. The lowest BCUT2D eigenvalue weighted by atomic mass is 9.88. The van der Waals surface area contributed by atoms with Crippen LogP contribution in [-0.2, 0) is 6.54 Å². The largest absolute Gasteiger partial charge is 0.494 e. The van der Waals surface area contributed by atoms with Crippen LogP contribution >= 0.6 is 0 Å². The van der Waals surface area contributed by atoms with Crippen molar-refractivity contribution in [1.82, 2.24) is 10.2 Å². The minimum Gasteiger partial charge on any atom is -0.494 e. The molecule has 0 bridgehead atoms. The highest BCUT2D eigenvalue weighted by molar-refractivity contribution is 5.66. The Kier molecular flexibility index (Phi) is 8.57. The van der Waals surface area contributed by atoms with Crippen LogP contribution in [0.4, 0.5) is 4.79 Å². The summed E-state index contributed by atoms with van der Waals surface area (Å²) in [6, 6.07) is 16.4. The molecule has 0 atom stereocenters. The molecule has 1 saturated carbocycles. The quantitative estimate of drug-likeness (QED) is 0.498. The molecule has 0 unspecified atom stereocenters. The van der Waals surface area contributed by atoms with Crippen LogP contribution in [0.25, 0.3) is 11.1 Å². The number of amides is 1. The summed E-state index contributed by atoms with van der Waals surface area (Å²) in [5, 5.41) is 22.4.